The Morgan fingerprint density at radius 2 is 1.68 bits per heavy atom. The van der Waals surface area contributed by atoms with Crippen LogP contribution in [0.5, 0.6) is 0 Å². The summed E-state index contributed by atoms with van der Waals surface area (Å²) in [7, 11) is 0. The fourth-order valence-corrected chi connectivity index (χ4v) is 4.18. The molecule has 0 radical (unpaired) electrons. The summed E-state index contributed by atoms with van der Waals surface area (Å²) in [5.41, 5.74) is -0.162. The lowest BCUT2D eigenvalue weighted by atomic mass is 9.79. The normalized spacial score (nSPS) is 18.4. The third kappa shape index (κ3) is 3.61. The van der Waals surface area contributed by atoms with E-state index in [1.54, 1.807) is 6.20 Å². The van der Waals surface area contributed by atoms with Crippen LogP contribution in [0, 0.1) is 5.41 Å². The maximum Gasteiger partial charge on any atom is 0.419 e. The Kier molecular flexibility index (Phi) is 4.45. The summed E-state index contributed by atoms with van der Waals surface area (Å²) in [6.07, 6.45) is -1.55. The van der Waals surface area contributed by atoms with Gasteiger partial charge in [0.2, 0.25) is 5.95 Å². The lowest BCUT2D eigenvalue weighted by Gasteiger charge is -2.47. The van der Waals surface area contributed by atoms with Gasteiger partial charge in [0, 0.05) is 44.0 Å². The van der Waals surface area contributed by atoms with Crippen molar-refractivity contribution in [2.75, 3.05) is 36.0 Å². The molecular weight excluding hydrogens is 423 g/mol. The molecule has 0 N–H and O–H groups in total. The van der Waals surface area contributed by atoms with Gasteiger partial charge in [-0.05, 0) is 6.42 Å². The first-order valence-electron chi connectivity index (χ1n) is 9.58. The second-order valence-electron chi connectivity index (χ2n) is 7.95. The molecule has 0 bridgehead atoms. The molecule has 0 aliphatic carbocycles. The van der Waals surface area contributed by atoms with E-state index in [9.17, 15) is 22.0 Å². The SMILES string of the molecule is FC(F)Cn1ncc2ncc(N3CCC4(C3)CN(c3ncc(C(F)(F)F)cn3)C4)nc21. The number of rotatable bonds is 4. The highest BCUT2D eigenvalue weighted by Crippen LogP contribution is 2.42. The molecule has 2 fully saturated rings. The molecule has 0 unspecified atom stereocenters. The Bertz CT molecular complexity index is 1090. The Hall–Kier alpha value is -3.12. The van der Waals surface area contributed by atoms with Crippen LogP contribution < -0.4 is 9.80 Å². The van der Waals surface area contributed by atoms with Crippen LogP contribution in [0.4, 0.5) is 33.7 Å². The minimum Gasteiger partial charge on any atom is -0.355 e. The smallest absolute Gasteiger partial charge is 0.355 e. The third-order valence-electron chi connectivity index (χ3n) is 5.71. The van der Waals surface area contributed by atoms with Crippen molar-refractivity contribution < 1.29 is 22.0 Å². The first-order chi connectivity index (χ1) is 14.7. The average molecular weight is 440 g/mol. The summed E-state index contributed by atoms with van der Waals surface area (Å²) < 4.78 is 64.7. The molecule has 2 aliphatic rings. The zero-order chi connectivity index (χ0) is 21.8. The second-order valence-corrected chi connectivity index (χ2v) is 7.95. The van der Waals surface area contributed by atoms with Gasteiger partial charge >= 0.3 is 6.18 Å². The van der Waals surface area contributed by atoms with Gasteiger partial charge in [-0.15, -0.1) is 0 Å². The molecule has 3 aromatic rings. The van der Waals surface area contributed by atoms with Crippen molar-refractivity contribution in [3.63, 3.8) is 0 Å². The van der Waals surface area contributed by atoms with Gasteiger partial charge in [0.25, 0.3) is 6.43 Å². The van der Waals surface area contributed by atoms with Crippen LogP contribution in [0.1, 0.15) is 12.0 Å². The minimum absolute atomic E-state index is 0.0497. The number of anilines is 2. The Morgan fingerprint density at radius 3 is 2.35 bits per heavy atom. The number of alkyl halides is 5. The number of aromatic nitrogens is 6. The number of hydrogen-bond donors (Lipinski definition) is 0. The molecule has 5 rings (SSSR count). The molecule has 2 saturated heterocycles. The topological polar surface area (TPSA) is 75.9 Å². The minimum atomic E-state index is -4.46. The average Bonchev–Trinajstić information content (AvgIpc) is 3.31. The largest absolute Gasteiger partial charge is 0.419 e. The zero-order valence-electron chi connectivity index (χ0n) is 16.1. The summed E-state index contributed by atoms with van der Waals surface area (Å²) in [5, 5.41) is 3.93. The molecule has 3 aromatic heterocycles. The van der Waals surface area contributed by atoms with E-state index in [-0.39, 0.29) is 11.4 Å². The van der Waals surface area contributed by atoms with Crippen LogP contribution in [0.3, 0.4) is 0 Å². The highest BCUT2D eigenvalue weighted by molar-refractivity contribution is 5.71. The van der Waals surface area contributed by atoms with Crippen LogP contribution >= 0.6 is 0 Å². The molecule has 8 nitrogen and oxygen atoms in total. The van der Waals surface area contributed by atoms with Gasteiger partial charge in [-0.2, -0.15) is 18.3 Å². The molecule has 2 aliphatic heterocycles. The fourth-order valence-electron chi connectivity index (χ4n) is 4.18. The Balaban J connectivity index is 1.27. The number of nitrogens with zero attached hydrogens (tertiary/aromatic N) is 8. The quantitative estimate of drug-likeness (QED) is 0.578. The Labute approximate surface area is 172 Å². The summed E-state index contributed by atoms with van der Waals surface area (Å²) >= 11 is 0. The molecule has 0 atom stereocenters. The summed E-state index contributed by atoms with van der Waals surface area (Å²) in [5.74, 6) is 0.860. The van der Waals surface area contributed by atoms with Crippen LogP contribution in [-0.4, -0.2) is 62.3 Å². The first kappa shape index (κ1) is 19.8. The van der Waals surface area contributed by atoms with Crippen molar-refractivity contribution in [1.29, 1.82) is 0 Å². The van der Waals surface area contributed by atoms with Crippen molar-refractivity contribution in [2.24, 2.45) is 5.41 Å². The van der Waals surface area contributed by atoms with E-state index in [2.05, 4.69) is 25.0 Å². The third-order valence-corrected chi connectivity index (χ3v) is 5.71. The molecule has 1 spiro atoms. The summed E-state index contributed by atoms with van der Waals surface area (Å²) in [6, 6.07) is 0. The molecule has 0 amide bonds. The second kappa shape index (κ2) is 6.95. The van der Waals surface area contributed by atoms with Crippen LogP contribution in [0.2, 0.25) is 0 Å². The van der Waals surface area contributed by atoms with Crippen LogP contribution in [0.15, 0.2) is 24.8 Å². The summed E-state index contributed by atoms with van der Waals surface area (Å²) in [6.45, 7) is 2.08. The van der Waals surface area contributed by atoms with Crippen LogP contribution in [0.25, 0.3) is 11.2 Å². The lowest BCUT2D eigenvalue weighted by molar-refractivity contribution is -0.138. The fraction of sp³-hybridized carbons (Fsp3) is 0.500. The van der Waals surface area contributed by atoms with Gasteiger partial charge < -0.3 is 9.80 Å². The van der Waals surface area contributed by atoms with Crippen molar-refractivity contribution in [3.8, 4) is 0 Å². The van der Waals surface area contributed by atoms with Gasteiger partial charge in [-0.25, -0.2) is 33.4 Å². The number of hydrogen-bond acceptors (Lipinski definition) is 7. The predicted molar refractivity (Wildman–Crippen MR) is 99.8 cm³/mol. The van der Waals surface area contributed by atoms with E-state index < -0.39 is 24.7 Å². The standard InChI is InChI=1S/C18H17F5N8/c19-13(20)7-31-15-12(5-27-31)24-6-14(28-15)29-2-1-17(8-29)9-30(10-17)16-25-3-11(4-26-16)18(21,22)23/h3-6,13H,1-2,7-10H2. The van der Waals surface area contributed by atoms with E-state index in [1.807, 2.05) is 9.80 Å². The van der Waals surface area contributed by atoms with E-state index in [1.165, 1.54) is 6.20 Å². The monoisotopic (exact) mass is 440 g/mol. The highest BCUT2D eigenvalue weighted by Gasteiger charge is 2.49. The molecule has 0 aromatic carbocycles. The van der Waals surface area contributed by atoms with Gasteiger partial charge in [-0.1, -0.05) is 0 Å². The number of fused-ring (bicyclic) bond motifs is 1. The van der Waals surface area contributed by atoms with Gasteiger partial charge in [0.1, 0.15) is 17.9 Å². The maximum absolute atomic E-state index is 12.7. The van der Waals surface area contributed by atoms with E-state index in [0.717, 1.165) is 23.5 Å². The molecule has 31 heavy (non-hydrogen) atoms. The number of halogens is 5. The van der Waals surface area contributed by atoms with Crippen molar-refractivity contribution >= 4 is 22.9 Å². The molecule has 5 heterocycles. The molecule has 164 valence electrons. The first-order valence-corrected chi connectivity index (χ1v) is 9.58. The van der Waals surface area contributed by atoms with E-state index >= 15 is 0 Å². The van der Waals surface area contributed by atoms with Gasteiger partial charge in [0.15, 0.2) is 5.65 Å². The zero-order valence-corrected chi connectivity index (χ0v) is 16.1. The van der Waals surface area contributed by atoms with Gasteiger partial charge in [0.05, 0.1) is 18.0 Å². The highest BCUT2D eigenvalue weighted by atomic mass is 19.4. The van der Waals surface area contributed by atoms with Crippen molar-refractivity contribution in [3.05, 3.63) is 30.4 Å². The van der Waals surface area contributed by atoms with Crippen LogP contribution in [-0.2, 0) is 12.7 Å². The predicted octanol–water partition coefficient (Wildman–Crippen LogP) is 2.62. The molecule has 13 heteroatoms. The van der Waals surface area contributed by atoms with Crippen molar-refractivity contribution in [2.45, 2.75) is 25.6 Å². The lowest BCUT2D eigenvalue weighted by Crippen LogP contribution is -2.58. The van der Waals surface area contributed by atoms with Crippen molar-refractivity contribution in [1.82, 2.24) is 29.7 Å². The van der Waals surface area contributed by atoms with Gasteiger partial charge in [-0.3, -0.25) is 0 Å². The van der Waals surface area contributed by atoms with E-state index in [0.29, 0.717) is 43.2 Å². The Morgan fingerprint density at radius 1 is 0.968 bits per heavy atom. The summed E-state index contributed by atoms with van der Waals surface area (Å²) in [4.78, 5) is 20.3. The van der Waals surface area contributed by atoms with E-state index in [4.69, 9.17) is 0 Å². The molecular formula is C18H17F5N8. The molecule has 0 saturated carbocycles. The maximum atomic E-state index is 12.7.